The molecule has 0 fully saturated rings. The minimum Gasteiger partial charge on any atom is -0.486 e. The first-order chi connectivity index (χ1) is 13.3. The van der Waals surface area contributed by atoms with Crippen LogP contribution in [0.1, 0.15) is 33.3 Å². The first-order valence-corrected chi connectivity index (χ1v) is 8.53. The number of benzene rings is 1. The highest BCUT2D eigenvalue weighted by atomic mass is 16.6. The van der Waals surface area contributed by atoms with E-state index in [0.29, 0.717) is 28.5 Å². The summed E-state index contributed by atoms with van der Waals surface area (Å²) in [7, 11) is 1.80. The van der Waals surface area contributed by atoms with Crippen molar-refractivity contribution < 1.29 is 18.9 Å². The fourth-order valence-electron chi connectivity index (χ4n) is 2.75. The van der Waals surface area contributed by atoms with E-state index in [2.05, 4.69) is 5.10 Å². The first-order valence-electron chi connectivity index (χ1n) is 8.53. The molecule has 0 aliphatic carbocycles. The molecule has 28 heavy (non-hydrogen) atoms. The monoisotopic (exact) mass is 381 g/mol. The van der Waals surface area contributed by atoms with Crippen LogP contribution in [0.25, 0.3) is 6.08 Å². The molecule has 3 rings (SSSR count). The molecule has 0 aliphatic heterocycles. The van der Waals surface area contributed by atoms with E-state index in [4.69, 9.17) is 9.15 Å². The van der Waals surface area contributed by atoms with Crippen molar-refractivity contribution in [3.8, 4) is 5.75 Å². The number of nitro benzene ring substituents is 1. The number of furan rings is 1. The molecule has 8 nitrogen and oxygen atoms in total. The molecule has 1 aromatic carbocycles. The fourth-order valence-corrected chi connectivity index (χ4v) is 2.75. The van der Waals surface area contributed by atoms with Crippen molar-refractivity contribution in [2.75, 3.05) is 0 Å². The number of hydrogen-bond acceptors (Lipinski definition) is 6. The zero-order chi connectivity index (χ0) is 20.3. The fraction of sp³-hybridized carbons (Fsp3) is 0.200. The lowest BCUT2D eigenvalue weighted by Crippen LogP contribution is -1.99. The van der Waals surface area contributed by atoms with Gasteiger partial charge in [-0.05, 0) is 50.3 Å². The molecule has 0 N–H and O–H groups in total. The van der Waals surface area contributed by atoms with Crippen LogP contribution >= 0.6 is 0 Å². The maximum absolute atomic E-state index is 12.4. The predicted molar refractivity (Wildman–Crippen MR) is 102 cm³/mol. The van der Waals surface area contributed by atoms with Crippen molar-refractivity contribution in [2.24, 2.45) is 7.05 Å². The molecule has 0 aliphatic rings. The number of rotatable bonds is 7. The SMILES string of the molecule is Cc1nn(C)c(C)c1C(=O)/C=C/c1ccc(COc2ccc([N+](=O)[O-])cc2)o1. The van der Waals surface area contributed by atoms with E-state index in [1.54, 1.807) is 36.9 Å². The number of allylic oxidation sites excluding steroid dienone is 1. The molecule has 0 unspecified atom stereocenters. The summed E-state index contributed by atoms with van der Waals surface area (Å²) in [6.07, 6.45) is 3.06. The van der Waals surface area contributed by atoms with E-state index in [0.717, 1.165) is 5.69 Å². The third-order valence-corrected chi connectivity index (χ3v) is 4.27. The molecule has 0 radical (unpaired) electrons. The van der Waals surface area contributed by atoms with Gasteiger partial charge >= 0.3 is 0 Å². The van der Waals surface area contributed by atoms with Crippen molar-refractivity contribution in [1.82, 2.24) is 9.78 Å². The largest absolute Gasteiger partial charge is 0.486 e. The van der Waals surface area contributed by atoms with Crippen molar-refractivity contribution in [1.29, 1.82) is 0 Å². The van der Waals surface area contributed by atoms with Gasteiger partial charge in [0.25, 0.3) is 5.69 Å². The molecule has 0 saturated heterocycles. The molecule has 0 spiro atoms. The Morgan fingerprint density at radius 2 is 1.96 bits per heavy atom. The Morgan fingerprint density at radius 3 is 2.57 bits per heavy atom. The average molecular weight is 381 g/mol. The summed E-state index contributed by atoms with van der Waals surface area (Å²) in [5.41, 5.74) is 2.09. The summed E-state index contributed by atoms with van der Waals surface area (Å²) in [6.45, 7) is 3.82. The van der Waals surface area contributed by atoms with Crippen LogP contribution in [0, 0.1) is 24.0 Å². The number of carbonyl (C=O) groups excluding carboxylic acids is 1. The number of hydrogen-bond donors (Lipinski definition) is 0. The van der Waals surface area contributed by atoms with E-state index in [1.807, 2.05) is 6.92 Å². The summed E-state index contributed by atoms with van der Waals surface area (Å²) in [4.78, 5) is 22.6. The maximum atomic E-state index is 12.4. The van der Waals surface area contributed by atoms with E-state index < -0.39 is 4.92 Å². The van der Waals surface area contributed by atoms with Gasteiger partial charge in [0, 0.05) is 24.9 Å². The summed E-state index contributed by atoms with van der Waals surface area (Å²) in [6, 6.07) is 9.29. The van der Waals surface area contributed by atoms with Gasteiger partial charge < -0.3 is 9.15 Å². The van der Waals surface area contributed by atoms with Gasteiger partial charge in [0.05, 0.1) is 16.2 Å². The third kappa shape index (κ3) is 4.17. The molecule has 0 atom stereocenters. The Hall–Kier alpha value is -3.68. The standard InChI is InChI=1S/C20H19N3O5/c1-13-20(14(2)22(3)21-13)19(24)11-10-17-8-9-18(28-17)12-27-16-6-4-15(5-7-16)23(25)26/h4-11H,12H2,1-3H3/b11-10+. The Bertz CT molecular complexity index is 1040. The van der Waals surface area contributed by atoms with Crippen LogP contribution in [0.4, 0.5) is 5.69 Å². The van der Waals surface area contributed by atoms with Gasteiger partial charge in [-0.3, -0.25) is 19.6 Å². The van der Waals surface area contributed by atoms with Crippen molar-refractivity contribution in [3.63, 3.8) is 0 Å². The van der Waals surface area contributed by atoms with Gasteiger partial charge in [-0.1, -0.05) is 0 Å². The summed E-state index contributed by atoms with van der Waals surface area (Å²) < 4.78 is 12.9. The van der Waals surface area contributed by atoms with Gasteiger partial charge in [-0.2, -0.15) is 5.10 Å². The zero-order valence-corrected chi connectivity index (χ0v) is 15.7. The van der Waals surface area contributed by atoms with E-state index in [1.165, 1.54) is 30.3 Å². The molecule has 144 valence electrons. The van der Waals surface area contributed by atoms with Crippen molar-refractivity contribution >= 4 is 17.5 Å². The quantitative estimate of drug-likeness (QED) is 0.265. The summed E-state index contributed by atoms with van der Waals surface area (Å²) >= 11 is 0. The van der Waals surface area contributed by atoms with E-state index in [9.17, 15) is 14.9 Å². The third-order valence-electron chi connectivity index (χ3n) is 4.27. The molecule has 2 aromatic heterocycles. The predicted octanol–water partition coefficient (Wildman–Crippen LogP) is 4.01. The molecular formula is C20H19N3O5. The average Bonchev–Trinajstić information content (AvgIpc) is 3.22. The zero-order valence-electron chi connectivity index (χ0n) is 15.7. The number of ether oxygens (including phenoxy) is 1. The molecule has 0 bridgehead atoms. The molecule has 0 saturated carbocycles. The maximum Gasteiger partial charge on any atom is 0.269 e. The molecular weight excluding hydrogens is 362 g/mol. The highest BCUT2D eigenvalue weighted by Crippen LogP contribution is 2.20. The smallest absolute Gasteiger partial charge is 0.269 e. The van der Waals surface area contributed by atoms with Crippen molar-refractivity contribution in [2.45, 2.75) is 20.5 Å². The number of ketones is 1. The minimum atomic E-state index is -0.468. The number of carbonyl (C=O) groups is 1. The van der Waals surface area contributed by atoms with Crippen molar-refractivity contribution in [3.05, 3.63) is 81.1 Å². The second kappa shape index (κ2) is 7.91. The lowest BCUT2D eigenvalue weighted by Gasteiger charge is -2.03. The Kier molecular flexibility index (Phi) is 5.39. The second-order valence-corrected chi connectivity index (χ2v) is 6.21. The summed E-state index contributed by atoms with van der Waals surface area (Å²) in [5.74, 6) is 1.45. The normalized spacial score (nSPS) is 11.1. The van der Waals surface area contributed by atoms with E-state index in [-0.39, 0.29) is 18.1 Å². The lowest BCUT2D eigenvalue weighted by atomic mass is 10.1. The molecule has 8 heteroatoms. The van der Waals surface area contributed by atoms with Gasteiger partial charge in [-0.25, -0.2) is 0 Å². The van der Waals surface area contributed by atoms with Crippen LogP contribution in [-0.2, 0) is 13.7 Å². The van der Waals surface area contributed by atoms with E-state index >= 15 is 0 Å². The highest BCUT2D eigenvalue weighted by Gasteiger charge is 2.15. The van der Waals surface area contributed by atoms with Crippen LogP contribution in [0.5, 0.6) is 5.75 Å². The van der Waals surface area contributed by atoms with Crippen LogP contribution < -0.4 is 4.74 Å². The minimum absolute atomic E-state index is 0.00142. The highest BCUT2D eigenvalue weighted by molar-refractivity contribution is 6.08. The first kappa shape index (κ1) is 19.1. The topological polar surface area (TPSA) is 100 Å². The van der Waals surface area contributed by atoms with Crippen LogP contribution in [0.15, 0.2) is 46.9 Å². The lowest BCUT2D eigenvalue weighted by molar-refractivity contribution is -0.384. The van der Waals surface area contributed by atoms with Crippen LogP contribution in [-0.4, -0.2) is 20.5 Å². The Labute approximate surface area is 161 Å². The number of nitro groups is 1. The van der Waals surface area contributed by atoms with Gasteiger partial charge in [-0.15, -0.1) is 0 Å². The molecule has 0 amide bonds. The Balaban J connectivity index is 1.61. The van der Waals surface area contributed by atoms with Crippen LogP contribution in [0.3, 0.4) is 0 Å². The van der Waals surface area contributed by atoms with Crippen LogP contribution in [0.2, 0.25) is 0 Å². The number of nitrogens with zero attached hydrogens (tertiary/aromatic N) is 3. The van der Waals surface area contributed by atoms with Gasteiger partial charge in [0.15, 0.2) is 5.78 Å². The number of non-ortho nitro benzene ring substituents is 1. The molecule has 2 heterocycles. The number of aryl methyl sites for hydroxylation is 2. The summed E-state index contributed by atoms with van der Waals surface area (Å²) in [5, 5.41) is 14.9. The second-order valence-electron chi connectivity index (χ2n) is 6.21. The van der Waals surface area contributed by atoms with Gasteiger partial charge in [0.2, 0.25) is 0 Å². The molecule has 3 aromatic rings. The number of aromatic nitrogens is 2. The Morgan fingerprint density at radius 1 is 1.25 bits per heavy atom. The van der Waals surface area contributed by atoms with Gasteiger partial charge in [0.1, 0.15) is 23.9 Å².